The van der Waals surface area contributed by atoms with E-state index in [4.69, 9.17) is 0 Å². The minimum Gasteiger partial charge on any atom is -0.356 e. The van der Waals surface area contributed by atoms with Crippen LogP contribution in [0.1, 0.15) is 44.7 Å². The highest BCUT2D eigenvalue weighted by atomic mass is 32.2. The molecule has 1 aromatic heterocycles. The summed E-state index contributed by atoms with van der Waals surface area (Å²) < 4.78 is 26.1. The molecule has 2 heterocycles. The number of nitrogens with zero attached hydrogens (tertiary/aromatic N) is 3. The highest BCUT2D eigenvalue weighted by Gasteiger charge is 2.14. The Kier molecular flexibility index (Phi) is 7.23. The first kappa shape index (κ1) is 18.9. The van der Waals surface area contributed by atoms with Gasteiger partial charge in [-0.15, -0.1) is 0 Å². The Hall–Kier alpha value is -1.41. The molecule has 0 amide bonds. The lowest BCUT2D eigenvalue weighted by molar-refractivity contribution is 0.573. The lowest BCUT2D eigenvalue weighted by atomic mass is 10.1. The van der Waals surface area contributed by atoms with E-state index in [0.717, 1.165) is 31.0 Å². The van der Waals surface area contributed by atoms with Crippen LogP contribution in [0.2, 0.25) is 0 Å². The Morgan fingerprint density at radius 1 is 1.17 bits per heavy atom. The van der Waals surface area contributed by atoms with Crippen molar-refractivity contribution in [2.24, 2.45) is 0 Å². The number of rotatable bonds is 9. The molecule has 0 unspecified atom stereocenters. The van der Waals surface area contributed by atoms with E-state index >= 15 is 0 Å². The summed E-state index contributed by atoms with van der Waals surface area (Å²) in [6.45, 7) is 6.80. The normalized spacial score (nSPS) is 15.5. The first-order valence-electron chi connectivity index (χ1n) is 8.82. The average molecular weight is 356 g/mol. The van der Waals surface area contributed by atoms with Crippen molar-refractivity contribution in [2.75, 3.05) is 42.1 Å². The average Bonchev–Trinajstić information content (AvgIpc) is 2.57. The summed E-state index contributed by atoms with van der Waals surface area (Å²) in [5.41, 5.74) is 0.914. The topological polar surface area (TPSA) is 87.2 Å². The van der Waals surface area contributed by atoms with E-state index in [2.05, 4.69) is 24.9 Å². The van der Waals surface area contributed by atoms with Crippen LogP contribution < -0.4 is 14.9 Å². The molecule has 1 aliphatic rings. The fourth-order valence-corrected chi connectivity index (χ4v) is 3.93. The van der Waals surface area contributed by atoms with Crippen LogP contribution in [0.5, 0.6) is 0 Å². The van der Waals surface area contributed by atoms with Crippen LogP contribution in [0.25, 0.3) is 0 Å². The van der Waals surface area contributed by atoms with E-state index in [1.807, 2.05) is 19.9 Å². The third-order valence-electron chi connectivity index (χ3n) is 4.02. The molecular formula is C16H29N5O2S. The number of nitrogens with one attached hydrogen (secondary N) is 2. The van der Waals surface area contributed by atoms with Crippen LogP contribution in [0, 0.1) is 6.92 Å². The molecular weight excluding hydrogens is 326 g/mol. The first-order valence-corrected chi connectivity index (χ1v) is 10.5. The maximum Gasteiger partial charge on any atom is 0.224 e. The molecule has 2 N–H and O–H groups in total. The van der Waals surface area contributed by atoms with E-state index in [1.165, 1.54) is 19.3 Å². The van der Waals surface area contributed by atoms with Gasteiger partial charge >= 0.3 is 0 Å². The number of aryl methyl sites for hydroxylation is 1. The summed E-state index contributed by atoms with van der Waals surface area (Å²) >= 11 is 0. The van der Waals surface area contributed by atoms with Crippen molar-refractivity contribution in [3.8, 4) is 0 Å². The van der Waals surface area contributed by atoms with E-state index in [0.29, 0.717) is 25.5 Å². The molecule has 1 aliphatic heterocycles. The summed E-state index contributed by atoms with van der Waals surface area (Å²) in [5, 5.41) is 3.12. The molecule has 0 bridgehead atoms. The largest absolute Gasteiger partial charge is 0.356 e. The van der Waals surface area contributed by atoms with Crippen molar-refractivity contribution in [1.29, 1.82) is 0 Å². The lowest BCUT2D eigenvalue weighted by Gasteiger charge is -2.28. The van der Waals surface area contributed by atoms with Gasteiger partial charge in [-0.05, 0) is 32.6 Å². The third-order valence-corrected chi connectivity index (χ3v) is 5.49. The zero-order valence-electron chi connectivity index (χ0n) is 14.7. The Balaban J connectivity index is 1.85. The number of sulfonamides is 1. The summed E-state index contributed by atoms with van der Waals surface area (Å²) in [4.78, 5) is 11.2. The Morgan fingerprint density at radius 2 is 1.92 bits per heavy atom. The second-order valence-corrected chi connectivity index (χ2v) is 8.16. The minimum atomic E-state index is -3.17. The van der Waals surface area contributed by atoms with Crippen molar-refractivity contribution in [3.05, 3.63) is 11.8 Å². The number of anilines is 2. The maximum absolute atomic E-state index is 11.7. The molecule has 0 radical (unpaired) electrons. The van der Waals surface area contributed by atoms with Gasteiger partial charge in [-0.25, -0.2) is 18.1 Å². The van der Waals surface area contributed by atoms with Crippen LogP contribution >= 0.6 is 0 Å². The van der Waals surface area contributed by atoms with Gasteiger partial charge in [-0.3, -0.25) is 0 Å². The Labute approximate surface area is 145 Å². The molecule has 1 fully saturated rings. The lowest BCUT2D eigenvalue weighted by Crippen LogP contribution is -2.32. The third kappa shape index (κ3) is 6.24. The second kappa shape index (κ2) is 9.17. The zero-order chi connectivity index (χ0) is 17.4. The van der Waals surface area contributed by atoms with Crippen LogP contribution in [-0.2, 0) is 10.0 Å². The highest BCUT2D eigenvalue weighted by Crippen LogP contribution is 2.19. The van der Waals surface area contributed by atoms with Crippen LogP contribution in [0.3, 0.4) is 0 Å². The molecule has 2 rings (SSSR count). The summed E-state index contributed by atoms with van der Waals surface area (Å²) in [7, 11) is -3.17. The molecule has 0 aromatic carbocycles. The predicted octanol–water partition coefficient (Wildman–Crippen LogP) is 1.91. The van der Waals surface area contributed by atoms with Gasteiger partial charge in [0, 0.05) is 37.9 Å². The van der Waals surface area contributed by atoms with Crippen molar-refractivity contribution >= 4 is 21.8 Å². The van der Waals surface area contributed by atoms with Crippen molar-refractivity contribution in [1.82, 2.24) is 14.7 Å². The molecule has 7 nitrogen and oxygen atoms in total. The van der Waals surface area contributed by atoms with Gasteiger partial charge < -0.3 is 10.2 Å². The van der Waals surface area contributed by atoms with Gasteiger partial charge in [0.25, 0.3) is 0 Å². The number of hydrogen-bond acceptors (Lipinski definition) is 6. The predicted molar refractivity (Wildman–Crippen MR) is 98.0 cm³/mol. The summed E-state index contributed by atoms with van der Waals surface area (Å²) in [5.74, 6) is 1.69. The van der Waals surface area contributed by atoms with Crippen LogP contribution in [-0.4, -0.2) is 50.3 Å². The fourth-order valence-electron chi connectivity index (χ4n) is 2.70. The molecule has 0 saturated carbocycles. The first-order chi connectivity index (χ1) is 11.5. The van der Waals surface area contributed by atoms with E-state index < -0.39 is 10.0 Å². The van der Waals surface area contributed by atoms with Crippen molar-refractivity contribution in [2.45, 2.75) is 46.0 Å². The van der Waals surface area contributed by atoms with Crippen molar-refractivity contribution < 1.29 is 8.42 Å². The molecule has 0 spiro atoms. The van der Waals surface area contributed by atoms with Crippen molar-refractivity contribution in [3.63, 3.8) is 0 Å². The monoisotopic (exact) mass is 355 g/mol. The second-order valence-electron chi connectivity index (χ2n) is 6.23. The minimum absolute atomic E-state index is 0.184. The zero-order valence-corrected chi connectivity index (χ0v) is 15.5. The quantitative estimate of drug-likeness (QED) is 0.658. The standard InChI is InChI=1S/C16H29N5O2S/c1-3-4-12-24(22,23)18-9-8-17-16-19-14(2)13-15(20-16)21-10-6-5-7-11-21/h13,18H,3-12H2,1-2H3,(H,17,19,20). The van der Waals surface area contributed by atoms with Gasteiger partial charge in [-0.1, -0.05) is 13.3 Å². The Bertz CT molecular complexity index is 615. The van der Waals surface area contributed by atoms with Crippen LogP contribution in [0.4, 0.5) is 11.8 Å². The molecule has 136 valence electrons. The highest BCUT2D eigenvalue weighted by molar-refractivity contribution is 7.89. The number of piperidine rings is 1. The number of hydrogen-bond donors (Lipinski definition) is 2. The van der Waals surface area contributed by atoms with Gasteiger partial charge in [0.1, 0.15) is 5.82 Å². The van der Waals surface area contributed by atoms with Gasteiger partial charge in [0.15, 0.2) is 0 Å². The van der Waals surface area contributed by atoms with Gasteiger partial charge in [-0.2, -0.15) is 4.98 Å². The van der Waals surface area contributed by atoms with E-state index in [1.54, 1.807) is 0 Å². The molecule has 0 atom stereocenters. The number of aromatic nitrogens is 2. The van der Waals surface area contributed by atoms with Crippen LogP contribution in [0.15, 0.2) is 6.07 Å². The number of unbranched alkanes of at least 4 members (excludes halogenated alkanes) is 1. The van der Waals surface area contributed by atoms with E-state index in [9.17, 15) is 8.42 Å². The summed E-state index contributed by atoms with van der Waals surface area (Å²) in [6, 6.07) is 2.00. The SMILES string of the molecule is CCCCS(=O)(=O)NCCNc1nc(C)cc(N2CCCCC2)n1. The summed E-state index contributed by atoms with van der Waals surface area (Å²) in [6.07, 6.45) is 5.24. The van der Waals surface area contributed by atoms with Gasteiger partial charge in [0.2, 0.25) is 16.0 Å². The maximum atomic E-state index is 11.7. The smallest absolute Gasteiger partial charge is 0.224 e. The van der Waals surface area contributed by atoms with Gasteiger partial charge in [0.05, 0.1) is 5.75 Å². The molecule has 24 heavy (non-hydrogen) atoms. The molecule has 0 aliphatic carbocycles. The fraction of sp³-hybridized carbons (Fsp3) is 0.750. The molecule has 1 saturated heterocycles. The molecule has 1 aromatic rings. The van der Waals surface area contributed by atoms with E-state index in [-0.39, 0.29) is 5.75 Å². The Morgan fingerprint density at radius 3 is 2.62 bits per heavy atom. The molecule has 8 heteroatoms.